The van der Waals surface area contributed by atoms with Gasteiger partial charge in [0.15, 0.2) is 0 Å². The van der Waals surface area contributed by atoms with E-state index in [1.807, 2.05) is 24.3 Å². The molecule has 1 aromatic rings. The lowest BCUT2D eigenvalue weighted by Crippen LogP contribution is -2.24. The Morgan fingerprint density at radius 3 is 2.27 bits per heavy atom. The van der Waals surface area contributed by atoms with Gasteiger partial charge in [0.25, 0.3) is 0 Å². The fourth-order valence-corrected chi connectivity index (χ4v) is 1.80. The molecule has 0 heterocycles. The van der Waals surface area contributed by atoms with E-state index in [0.717, 1.165) is 16.6 Å². The lowest BCUT2D eigenvalue weighted by molar-refractivity contribution is 0.958. The summed E-state index contributed by atoms with van der Waals surface area (Å²) in [7, 11) is 0. The maximum atomic E-state index is 8.68. The summed E-state index contributed by atoms with van der Waals surface area (Å²) in [6.07, 6.45) is 0. The van der Waals surface area contributed by atoms with Crippen molar-refractivity contribution in [2.45, 2.75) is 5.33 Å². The average molecular weight is 264 g/mol. The van der Waals surface area contributed by atoms with Gasteiger partial charge in [-0.05, 0) is 11.6 Å². The highest BCUT2D eigenvalue weighted by Crippen LogP contribution is 2.21. The molecule has 0 N–H and O–H groups in total. The van der Waals surface area contributed by atoms with E-state index in [1.165, 1.54) is 0 Å². The number of anilines is 1. The van der Waals surface area contributed by atoms with E-state index < -0.39 is 0 Å². The number of alkyl halides is 1. The zero-order valence-electron chi connectivity index (χ0n) is 8.15. The lowest BCUT2D eigenvalue weighted by Gasteiger charge is -2.20. The number of benzene rings is 1. The lowest BCUT2D eigenvalue weighted by atomic mass is 10.2. The van der Waals surface area contributed by atoms with Crippen molar-refractivity contribution < 1.29 is 0 Å². The summed E-state index contributed by atoms with van der Waals surface area (Å²) >= 11 is 3.39. The third-order valence-electron chi connectivity index (χ3n) is 2.00. The molecular formula is C11H10BrN3. The van der Waals surface area contributed by atoms with Crippen LogP contribution in [0.4, 0.5) is 5.69 Å². The maximum Gasteiger partial charge on any atom is 0.106 e. The Kier molecular flexibility index (Phi) is 4.66. The number of hydrogen-bond acceptors (Lipinski definition) is 3. The van der Waals surface area contributed by atoms with E-state index >= 15 is 0 Å². The highest BCUT2D eigenvalue weighted by molar-refractivity contribution is 9.08. The third kappa shape index (κ3) is 2.97. The smallest absolute Gasteiger partial charge is 0.106 e. The van der Waals surface area contributed by atoms with Crippen molar-refractivity contribution in [2.24, 2.45) is 0 Å². The summed E-state index contributed by atoms with van der Waals surface area (Å²) in [5.41, 5.74) is 2.03. The summed E-state index contributed by atoms with van der Waals surface area (Å²) in [6.45, 7) is 0.467. The van der Waals surface area contributed by atoms with Crippen LogP contribution in [0.5, 0.6) is 0 Å². The van der Waals surface area contributed by atoms with E-state index in [0.29, 0.717) is 0 Å². The molecule has 3 nitrogen and oxygen atoms in total. The van der Waals surface area contributed by atoms with Crippen LogP contribution >= 0.6 is 15.9 Å². The van der Waals surface area contributed by atoms with Gasteiger partial charge < -0.3 is 4.90 Å². The van der Waals surface area contributed by atoms with Crippen LogP contribution in [-0.4, -0.2) is 13.1 Å². The molecule has 1 rings (SSSR count). The van der Waals surface area contributed by atoms with Gasteiger partial charge in [-0.1, -0.05) is 34.1 Å². The first-order chi connectivity index (χ1) is 7.33. The summed E-state index contributed by atoms with van der Waals surface area (Å²) in [4.78, 5) is 1.76. The normalized spacial score (nSPS) is 9.00. The van der Waals surface area contributed by atoms with Crippen molar-refractivity contribution in [3.63, 3.8) is 0 Å². The minimum absolute atomic E-state index is 0.234. The molecule has 0 aliphatic rings. The Morgan fingerprint density at radius 1 is 1.13 bits per heavy atom. The number of nitriles is 2. The van der Waals surface area contributed by atoms with Gasteiger partial charge in [-0.25, -0.2) is 0 Å². The Balaban J connectivity index is 3.00. The summed E-state index contributed by atoms with van der Waals surface area (Å²) < 4.78 is 0. The van der Waals surface area contributed by atoms with E-state index in [1.54, 1.807) is 4.90 Å². The number of nitrogens with zero attached hydrogens (tertiary/aromatic N) is 3. The van der Waals surface area contributed by atoms with Crippen molar-refractivity contribution in [1.82, 2.24) is 0 Å². The summed E-state index contributed by atoms with van der Waals surface area (Å²) in [5, 5.41) is 18.1. The standard InChI is InChI=1S/C11H10BrN3/c12-9-10-3-1-2-4-11(10)15(7-5-13)8-6-14/h1-4H,7-9H2. The molecule has 0 saturated heterocycles. The molecule has 0 fully saturated rings. The Labute approximate surface area is 97.7 Å². The van der Waals surface area contributed by atoms with Crippen LogP contribution in [0.25, 0.3) is 0 Å². The molecule has 0 bridgehead atoms. The molecule has 15 heavy (non-hydrogen) atoms. The fourth-order valence-electron chi connectivity index (χ4n) is 1.33. The highest BCUT2D eigenvalue weighted by atomic mass is 79.9. The number of hydrogen-bond donors (Lipinski definition) is 0. The molecular weight excluding hydrogens is 254 g/mol. The zero-order chi connectivity index (χ0) is 11.1. The van der Waals surface area contributed by atoms with Crippen LogP contribution in [0.1, 0.15) is 5.56 Å². The first kappa shape index (κ1) is 11.6. The van der Waals surface area contributed by atoms with Crippen LogP contribution in [0.2, 0.25) is 0 Å². The Morgan fingerprint density at radius 2 is 1.73 bits per heavy atom. The van der Waals surface area contributed by atoms with Gasteiger partial charge in [-0.15, -0.1) is 0 Å². The molecule has 76 valence electrons. The SMILES string of the molecule is N#CCN(CC#N)c1ccccc1CBr. The van der Waals surface area contributed by atoms with Crippen LogP contribution in [0.15, 0.2) is 24.3 Å². The van der Waals surface area contributed by atoms with Gasteiger partial charge in [-0.3, -0.25) is 0 Å². The van der Waals surface area contributed by atoms with Gasteiger partial charge in [0.1, 0.15) is 13.1 Å². The molecule has 0 radical (unpaired) electrons. The van der Waals surface area contributed by atoms with Gasteiger partial charge in [0.05, 0.1) is 12.1 Å². The molecule has 0 amide bonds. The number of halogens is 1. The largest absolute Gasteiger partial charge is 0.345 e. The maximum absolute atomic E-state index is 8.68. The molecule has 0 aliphatic heterocycles. The van der Waals surface area contributed by atoms with E-state index in [-0.39, 0.29) is 13.1 Å². The first-order valence-electron chi connectivity index (χ1n) is 4.46. The topological polar surface area (TPSA) is 50.8 Å². The molecule has 4 heteroatoms. The van der Waals surface area contributed by atoms with Crippen molar-refractivity contribution in [2.75, 3.05) is 18.0 Å². The van der Waals surface area contributed by atoms with Crippen LogP contribution in [0, 0.1) is 22.7 Å². The van der Waals surface area contributed by atoms with Crippen molar-refractivity contribution in [3.05, 3.63) is 29.8 Å². The minimum Gasteiger partial charge on any atom is -0.345 e. The summed E-state index contributed by atoms with van der Waals surface area (Å²) in [5.74, 6) is 0. The second kappa shape index (κ2) is 6.06. The Bertz CT molecular complexity index is 387. The van der Waals surface area contributed by atoms with Crippen molar-refractivity contribution >= 4 is 21.6 Å². The Hall–Kier alpha value is -1.52. The summed E-state index contributed by atoms with van der Waals surface area (Å²) in [6, 6.07) is 11.9. The minimum atomic E-state index is 0.234. The molecule has 0 aliphatic carbocycles. The van der Waals surface area contributed by atoms with Gasteiger partial charge in [0.2, 0.25) is 0 Å². The van der Waals surface area contributed by atoms with Crippen LogP contribution < -0.4 is 4.90 Å². The van der Waals surface area contributed by atoms with Gasteiger partial charge >= 0.3 is 0 Å². The van der Waals surface area contributed by atoms with Gasteiger partial charge in [0, 0.05) is 11.0 Å². The first-order valence-corrected chi connectivity index (χ1v) is 5.58. The predicted octanol–water partition coefficient (Wildman–Crippen LogP) is 2.44. The van der Waals surface area contributed by atoms with Crippen LogP contribution in [0.3, 0.4) is 0 Å². The van der Waals surface area contributed by atoms with Crippen molar-refractivity contribution in [3.8, 4) is 12.1 Å². The number of para-hydroxylation sites is 1. The average Bonchev–Trinajstić information content (AvgIpc) is 2.29. The quantitative estimate of drug-likeness (QED) is 0.620. The molecule has 0 saturated carbocycles. The fraction of sp³-hybridized carbons (Fsp3) is 0.273. The third-order valence-corrected chi connectivity index (χ3v) is 2.60. The second-order valence-corrected chi connectivity index (χ2v) is 3.50. The van der Waals surface area contributed by atoms with Crippen LogP contribution in [-0.2, 0) is 5.33 Å². The monoisotopic (exact) mass is 263 g/mol. The molecule has 0 unspecified atom stereocenters. The van der Waals surface area contributed by atoms with E-state index in [4.69, 9.17) is 10.5 Å². The number of rotatable bonds is 4. The highest BCUT2D eigenvalue weighted by Gasteiger charge is 2.08. The molecule has 0 atom stereocenters. The van der Waals surface area contributed by atoms with E-state index in [2.05, 4.69) is 28.1 Å². The predicted molar refractivity (Wildman–Crippen MR) is 62.5 cm³/mol. The molecule has 0 aromatic heterocycles. The zero-order valence-corrected chi connectivity index (χ0v) is 9.74. The molecule has 0 spiro atoms. The van der Waals surface area contributed by atoms with Gasteiger partial charge in [-0.2, -0.15) is 10.5 Å². The van der Waals surface area contributed by atoms with E-state index in [9.17, 15) is 0 Å². The second-order valence-electron chi connectivity index (χ2n) is 2.93. The molecule has 1 aromatic carbocycles. The van der Waals surface area contributed by atoms with Crippen molar-refractivity contribution in [1.29, 1.82) is 10.5 Å².